The molecule has 0 amide bonds. The first kappa shape index (κ1) is 17.3. The second-order valence-corrected chi connectivity index (χ2v) is 7.51. The van der Waals surface area contributed by atoms with Crippen LogP contribution in [0.2, 0.25) is 0 Å². The summed E-state index contributed by atoms with van der Waals surface area (Å²) in [6.07, 6.45) is 2.05. The second-order valence-electron chi connectivity index (χ2n) is 7.51. The van der Waals surface area contributed by atoms with E-state index in [1.165, 1.54) is 5.56 Å². The highest BCUT2D eigenvalue weighted by molar-refractivity contribution is 6.11. The van der Waals surface area contributed by atoms with Gasteiger partial charge in [-0.3, -0.25) is 0 Å². The molecule has 0 aliphatic heterocycles. The van der Waals surface area contributed by atoms with Crippen LogP contribution in [-0.4, -0.2) is 0 Å². The van der Waals surface area contributed by atoms with E-state index >= 15 is 0 Å². The quantitative estimate of drug-likeness (QED) is 0.302. The molecule has 0 N–H and O–H groups in total. The number of fused-ring (bicyclic) bond motifs is 3. The molecule has 0 atom stereocenters. The number of nitrogens with zero attached hydrogens (tertiary/aromatic N) is 2. The predicted octanol–water partition coefficient (Wildman–Crippen LogP) is 6.37. The molecule has 3 heteroatoms. The van der Waals surface area contributed by atoms with E-state index in [2.05, 4.69) is 74.6 Å². The third-order valence-corrected chi connectivity index (χ3v) is 5.42. The molecule has 4 aromatic rings. The number of hydrogen-bond donors (Lipinski definition) is 0. The summed E-state index contributed by atoms with van der Waals surface area (Å²) in [4.78, 5) is 3.81. The van der Waals surface area contributed by atoms with Gasteiger partial charge in [0.15, 0.2) is 11.9 Å². The van der Waals surface area contributed by atoms with Crippen LogP contribution in [0.5, 0.6) is 0 Å². The highest BCUT2D eigenvalue weighted by Crippen LogP contribution is 2.43. The molecule has 27 heavy (non-hydrogen) atoms. The van der Waals surface area contributed by atoms with Crippen LogP contribution in [0, 0.1) is 20.4 Å². The van der Waals surface area contributed by atoms with Gasteiger partial charge in [0.05, 0.1) is 12.1 Å². The van der Waals surface area contributed by atoms with Gasteiger partial charge < -0.3 is 4.42 Å². The summed E-state index contributed by atoms with van der Waals surface area (Å²) in [5.74, 6) is 0.278. The van der Waals surface area contributed by atoms with E-state index in [9.17, 15) is 0 Å². The van der Waals surface area contributed by atoms with Crippen LogP contribution in [0.3, 0.4) is 0 Å². The average Bonchev–Trinajstić information content (AvgIpc) is 3.01. The maximum atomic E-state index is 7.64. The van der Waals surface area contributed by atoms with Gasteiger partial charge in [-0.1, -0.05) is 26.0 Å². The number of benzene rings is 2. The lowest BCUT2D eigenvalue weighted by molar-refractivity contribution is -0.660. The van der Waals surface area contributed by atoms with Crippen molar-refractivity contribution >= 4 is 27.6 Å². The average molecular weight is 355 g/mol. The molecule has 3 nitrogen and oxygen atoms in total. The molecule has 4 rings (SSSR count). The minimum Gasteiger partial charge on any atom is -0.455 e. The van der Waals surface area contributed by atoms with Crippen LogP contribution in [0.15, 0.2) is 47.0 Å². The summed E-state index contributed by atoms with van der Waals surface area (Å²) in [5, 5.41) is 2.09. The van der Waals surface area contributed by atoms with Gasteiger partial charge in [-0.15, -0.1) is 0 Å². The van der Waals surface area contributed by atoms with E-state index in [0.29, 0.717) is 0 Å². The van der Waals surface area contributed by atoms with Gasteiger partial charge in [0.25, 0.3) is 0 Å². The van der Waals surface area contributed by atoms with Gasteiger partial charge in [0.1, 0.15) is 18.2 Å². The van der Waals surface area contributed by atoms with E-state index in [0.717, 1.165) is 50.0 Å². The van der Waals surface area contributed by atoms with Crippen molar-refractivity contribution in [3.63, 3.8) is 0 Å². The minimum absolute atomic E-state index is 0.278. The summed E-state index contributed by atoms with van der Waals surface area (Å²) in [5.41, 5.74) is 8.08. The van der Waals surface area contributed by atoms with Crippen LogP contribution in [-0.2, 0) is 7.05 Å². The van der Waals surface area contributed by atoms with Crippen molar-refractivity contribution < 1.29 is 8.98 Å². The molecule has 0 radical (unpaired) electrons. The lowest BCUT2D eigenvalue weighted by Gasteiger charge is -2.12. The maximum Gasteiger partial charge on any atom is 0.216 e. The van der Waals surface area contributed by atoms with Crippen LogP contribution < -0.4 is 4.57 Å². The Morgan fingerprint density at radius 1 is 1.04 bits per heavy atom. The zero-order valence-electron chi connectivity index (χ0n) is 16.4. The van der Waals surface area contributed by atoms with Crippen molar-refractivity contribution in [3.05, 3.63) is 70.7 Å². The molecule has 0 saturated heterocycles. The second kappa shape index (κ2) is 6.25. The van der Waals surface area contributed by atoms with Gasteiger partial charge in [-0.2, -0.15) is 0 Å². The van der Waals surface area contributed by atoms with Gasteiger partial charge >= 0.3 is 0 Å². The van der Waals surface area contributed by atoms with Crippen molar-refractivity contribution in [2.75, 3.05) is 0 Å². The summed E-state index contributed by atoms with van der Waals surface area (Å²) in [6.45, 7) is 16.1. The molecule has 0 bridgehead atoms. The van der Waals surface area contributed by atoms with Crippen molar-refractivity contribution in [1.29, 1.82) is 0 Å². The molecule has 0 aliphatic carbocycles. The van der Waals surface area contributed by atoms with Crippen LogP contribution >= 0.6 is 0 Å². The van der Waals surface area contributed by atoms with E-state index in [4.69, 9.17) is 11.0 Å². The first-order chi connectivity index (χ1) is 12.9. The molecule has 134 valence electrons. The Hall–Kier alpha value is -3.12. The SMILES string of the molecule is [C-]#[N+]c1cc2c(oc3c(-c4cccc[n+]4C)c(C)ccc32)c(C)c1C(C)C. The van der Waals surface area contributed by atoms with Crippen molar-refractivity contribution in [3.8, 4) is 11.3 Å². The third-order valence-electron chi connectivity index (χ3n) is 5.42. The Morgan fingerprint density at radius 2 is 1.81 bits per heavy atom. The third kappa shape index (κ3) is 2.52. The molecule has 0 unspecified atom stereocenters. The fourth-order valence-corrected chi connectivity index (χ4v) is 4.15. The summed E-state index contributed by atoms with van der Waals surface area (Å²) in [7, 11) is 2.05. The van der Waals surface area contributed by atoms with Gasteiger partial charge in [-0.25, -0.2) is 9.41 Å². The number of aryl methyl sites for hydroxylation is 3. The molecule has 2 aromatic heterocycles. The lowest BCUT2D eigenvalue weighted by atomic mass is 9.93. The number of furan rings is 1. The number of rotatable bonds is 2. The lowest BCUT2D eigenvalue weighted by Crippen LogP contribution is -2.30. The van der Waals surface area contributed by atoms with Gasteiger partial charge in [0.2, 0.25) is 5.69 Å². The monoisotopic (exact) mass is 355 g/mol. The van der Waals surface area contributed by atoms with Crippen molar-refractivity contribution in [1.82, 2.24) is 0 Å². The molecule has 2 aromatic carbocycles. The predicted molar refractivity (Wildman–Crippen MR) is 110 cm³/mol. The number of pyridine rings is 1. The molecule has 2 heterocycles. The maximum absolute atomic E-state index is 7.64. The van der Waals surface area contributed by atoms with Crippen molar-refractivity contribution in [2.45, 2.75) is 33.6 Å². The molecule has 0 aliphatic rings. The number of aromatic nitrogens is 1. The summed E-state index contributed by atoms with van der Waals surface area (Å²) < 4.78 is 8.60. The van der Waals surface area contributed by atoms with Crippen molar-refractivity contribution in [2.24, 2.45) is 7.05 Å². The highest BCUT2D eigenvalue weighted by atomic mass is 16.3. The standard InChI is InChI=1S/C24H23N2O/c1-14(2)21-16(4)23-18(13-19(21)25-5)17-11-10-15(3)22(24(17)27-23)20-9-7-8-12-26(20)6/h7-14H,1-4,6H3/q+1. The fraction of sp³-hybridized carbons (Fsp3) is 0.250. The van der Waals surface area contributed by atoms with Crippen LogP contribution in [0.1, 0.15) is 36.5 Å². The van der Waals surface area contributed by atoms with E-state index in [1.54, 1.807) is 0 Å². The minimum atomic E-state index is 0.278. The molecule has 0 fully saturated rings. The van der Waals surface area contributed by atoms with Gasteiger partial charge in [0, 0.05) is 22.9 Å². The Labute approximate surface area is 159 Å². The normalized spacial score (nSPS) is 11.4. The molecule has 0 spiro atoms. The fourth-order valence-electron chi connectivity index (χ4n) is 4.15. The zero-order chi connectivity index (χ0) is 19.3. The Bertz CT molecular complexity index is 1240. The Kier molecular flexibility index (Phi) is 4.00. The van der Waals surface area contributed by atoms with Crippen LogP contribution in [0.25, 0.3) is 38.0 Å². The molecular formula is C24H23N2O+. The Balaban J connectivity index is 2.18. The zero-order valence-corrected chi connectivity index (χ0v) is 16.4. The van der Waals surface area contributed by atoms with Gasteiger partial charge in [-0.05, 0) is 48.6 Å². The smallest absolute Gasteiger partial charge is 0.216 e. The summed E-state index contributed by atoms with van der Waals surface area (Å²) in [6, 6.07) is 12.5. The first-order valence-corrected chi connectivity index (χ1v) is 9.25. The molecule has 0 saturated carbocycles. The van der Waals surface area contributed by atoms with Crippen LogP contribution in [0.4, 0.5) is 5.69 Å². The van der Waals surface area contributed by atoms with E-state index < -0.39 is 0 Å². The largest absolute Gasteiger partial charge is 0.455 e. The van der Waals surface area contributed by atoms with E-state index in [1.807, 2.05) is 12.1 Å². The number of hydrogen-bond acceptors (Lipinski definition) is 1. The first-order valence-electron chi connectivity index (χ1n) is 9.25. The topological polar surface area (TPSA) is 21.4 Å². The van der Waals surface area contributed by atoms with E-state index in [-0.39, 0.29) is 5.92 Å². The summed E-state index contributed by atoms with van der Waals surface area (Å²) >= 11 is 0. The molecular weight excluding hydrogens is 332 g/mol. The highest BCUT2D eigenvalue weighted by Gasteiger charge is 2.23. The Morgan fingerprint density at radius 3 is 2.48 bits per heavy atom.